The molecule has 0 bridgehead atoms. The summed E-state index contributed by atoms with van der Waals surface area (Å²) in [6.07, 6.45) is 0. The molecule has 0 aliphatic rings. The Bertz CT molecular complexity index is 846. The molecule has 0 spiro atoms. The number of rotatable bonds is 5. The van der Waals surface area contributed by atoms with Gasteiger partial charge in [-0.05, 0) is 0 Å². The van der Waals surface area contributed by atoms with E-state index in [1.165, 1.54) is 4.57 Å². The molecule has 0 N–H and O–H groups in total. The molecule has 0 atom stereocenters. The first-order valence-corrected chi connectivity index (χ1v) is 8.78. The van der Waals surface area contributed by atoms with Gasteiger partial charge in [-0.1, -0.05) is 0 Å². The van der Waals surface area contributed by atoms with Crippen molar-refractivity contribution >= 4 is 16.2 Å². The van der Waals surface area contributed by atoms with Gasteiger partial charge < -0.3 is 0 Å². The fraction of sp³-hybridized carbons (Fsp3) is 0.444. The Morgan fingerprint density at radius 3 is 2.21 bits per heavy atom. The molecular weight excluding hydrogens is 371 g/mol. The predicted molar refractivity (Wildman–Crippen MR) is 96.7 cm³/mol. The van der Waals surface area contributed by atoms with Gasteiger partial charge in [0.1, 0.15) is 0 Å². The van der Waals surface area contributed by atoms with Crippen LogP contribution in [-0.4, -0.2) is 31.0 Å². The maximum absolute atomic E-state index is 12.7. The van der Waals surface area contributed by atoms with Gasteiger partial charge >= 0.3 is 150 Å². The fourth-order valence-corrected chi connectivity index (χ4v) is 3.31. The van der Waals surface area contributed by atoms with Crippen LogP contribution in [-0.2, 0) is 11.5 Å². The van der Waals surface area contributed by atoms with Gasteiger partial charge in [0.05, 0.1) is 0 Å². The van der Waals surface area contributed by atoms with Crippen LogP contribution in [0.1, 0.15) is 43.4 Å². The second-order valence-electron chi connectivity index (χ2n) is 6.23. The number of aryl methyl sites for hydroxylation is 2. The molecule has 5 nitrogen and oxygen atoms in total. The second-order valence-corrected chi connectivity index (χ2v) is 6.99. The van der Waals surface area contributed by atoms with Gasteiger partial charge in [-0.3, -0.25) is 0 Å². The fourth-order valence-electron chi connectivity index (χ4n) is 2.89. The van der Waals surface area contributed by atoms with Gasteiger partial charge in [0.15, 0.2) is 0 Å². The van der Waals surface area contributed by atoms with E-state index in [1.807, 2.05) is 46.8 Å². The molecule has 1 radical (unpaired) electrons. The zero-order valence-electron chi connectivity index (χ0n) is 14.8. The zero-order chi connectivity index (χ0) is 18.0. The van der Waals surface area contributed by atoms with Gasteiger partial charge in [-0.15, -0.1) is 0 Å². The van der Waals surface area contributed by atoms with Crippen LogP contribution in [0, 0.1) is 13.8 Å². The van der Waals surface area contributed by atoms with Crippen LogP contribution in [0.15, 0.2) is 27.8 Å². The molecule has 1 aromatic heterocycles. The van der Waals surface area contributed by atoms with E-state index < -0.39 is 5.69 Å². The van der Waals surface area contributed by atoms with E-state index in [0.29, 0.717) is 17.9 Å². The van der Waals surface area contributed by atoms with Crippen molar-refractivity contribution < 1.29 is 4.74 Å². The summed E-state index contributed by atoms with van der Waals surface area (Å²) in [6, 6.07) is 6.07. The van der Waals surface area contributed by atoms with Crippen molar-refractivity contribution in [2.24, 2.45) is 0 Å². The topological polar surface area (TPSA) is 53.2 Å². The number of benzene rings is 1. The molecule has 6 heteroatoms. The Hall–Kier alpha value is -1.62. The maximum atomic E-state index is 12.7. The van der Waals surface area contributed by atoms with Crippen molar-refractivity contribution in [3.8, 4) is 11.3 Å². The Morgan fingerprint density at radius 1 is 1.12 bits per heavy atom. The molecular formula is C18H23N2O3Se. The summed E-state index contributed by atoms with van der Waals surface area (Å²) in [4.78, 5) is 25.3. The quantitative estimate of drug-likeness (QED) is 0.732. The molecule has 0 amide bonds. The third-order valence-corrected chi connectivity index (χ3v) is 4.52. The average molecular weight is 394 g/mol. The Labute approximate surface area is 150 Å². The molecule has 2 rings (SSSR count). The van der Waals surface area contributed by atoms with E-state index in [9.17, 15) is 9.59 Å². The van der Waals surface area contributed by atoms with Crippen molar-refractivity contribution in [1.29, 1.82) is 0 Å². The Balaban J connectivity index is 2.93. The summed E-state index contributed by atoms with van der Waals surface area (Å²) in [6.45, 7) is 10.4. The van der Waals surface area contributed by atoms with Crippen LogP contribution in [0.3, 0.4) is 0 Å². The molecule has 1 aromatic carbocycles. The number of hydrogen-bond acceptors (Lipinski definition) is 3. The minimum absolute atomic E-state index is 0.0265. The standard InChI is InChI=1S/C18H23N2O3Se/c1-6-23-10-19-16(14-8-12(4)7-13(5)9-14)15(11(2)3)17(21)20(24)18(19)22/h7-9,11H,6,10H2,1-5H3. The molecule has 0 saturated carbocycles. The summed E-state index contributed by atoms with van der Waals surface area (Å²) in [5.74, 6) is -0.0265. The minimum atomic E-state index is -0.410. The average Bonchev–Trinajstić information content (AvgIpc) is 2.50. The molecule has 1 heterocycles. The summed E-state index contributed by atoms with van der Waals surface area (Å²) >= 11 is 2.57. The van der Waals surface area contributed by atoms with Crippen LogP contribution < -0.4 is 11.2 Å². The Kier molecular flexibility index (Phi) is 5.86. The van der Waals surface area contributed by atoms with E-state index in [0.717, 1.165) is 20.3 Å². The summed E-state index contributed by atoms with van der Waals surface area (Å²) in [5.41, 5.74) is 3.59. The van der Waals surface area contributed by atoms with Crippen molar-refractivity contribution in [2.45, 2.75) is 47.3 Å². The number of hydrogen-bond donors (Lipinski definition) is 0. The zero-order valence-corrected chi connectivity index (χ0v) is 16.5. The summed E-state index contributed by atoms with van der Waals surface area (Å²) in [5, 5.41) is 0. The van der Waals surface area contributed by atoms with Gasteiger partial charge in [0.25, 0.3) is 0 Å². The third-order valence-electron chi connectivity index (χ3n) is 3.84. The van der Waals surface area contributed by atoms with Crippen LogP contribution in [0.4, 0.5) is 0 Å². The SMILES string of the molecule is CCOCn1c(-c2cc(C)cc(C)c2)c(C(C)C)c(=O)n([Se])c1=O. The van der Waals surface area contributed by atoms with Crippen molar-refractivity contribution in [1.82, 2.24) is 8.15 Å². The third kappa shape index (κ3) is 3.56. The first-order valence-electron chi connectivity index (χ1n) is 8.01. The number of aromatic nitrogens is 2. The van der Waals surface area contributed by atoms with Gasteiger partial charge in [0, 0.05) is 0 Å². The monoisotopic (exact) mass is 395 g/mol. The van der Waals surface area contributed by atoms with Crippen molar-refractivity contribution in [3.05, 3.63) is 55.7 Å². The van der Waals surface area contributed by atoms with E-state index in [1.54, 1.807) is 0 Å². The molecule has 24 heavy (non-hydrogen) atoms. The number of nitrogens with zero attached hydrogens (tertiary/aromatic N) is 2. The molecule has 129 valence electrons. The predicted octanol–water partition coefficient (Wildman–Crippen LogP) is 2.34. The van der Waals surface area contributed by atoms with Crippen LogP contribution in [0.2, 0.25) is 0 Å². The summed E-state index contributed by atoms with van der Waals surface area (Å²) < 4.78 is 8.06. The van der Waals surface area contributed by atoms with Crippen LogP contribution in [0.5, 0.6) is 0 Å². The van der Waals surface area contributed by atoms with Gasteiger partial charge in [0.2, 0.25) is 0 Å². The van der Waals surface area contributed by atoms with Crippen molar-refractivity contribution in [2.75, 3.05) is 6.61 Å². The first-order chi connectivity index (χ1) is 11.3. The second kappa shape index (κ2) is 7.51. The molecule has 0 unspecified atom stereocenters. The number of ether oxygens (including phenoxy) is 1. The van der Waals surface area contributed by atoms with Gasteiger partial charge in [-0.2, -0.15) is 0 Å². The van der Waals surface area contributed by atoms with Crippen molar-refractivity contribution in [3.63, 3.8) is 0 Å². The van der Waals surface area contributed by atoms with Gasteiger partial charge in [-0.25, -0.2) is 0 Å². The normalized spacial score (nSPS) is 11.2. The molecule has 2 aromatic rings. The van der Waals surface area contributed by atoms with E-state index in [4.69, 9.17) is 4.74 Å². The molecule has 0 aliphatic heterocycles. The molecule has 0 aliphatic carbocycles. The Morgan fingerprint density at radius 2 is 1.71 bits per heavy atom. The van der Waals surface area contributed by atoms with E-state index >= 15 is 0 Å². The van der Waals surface area contributed by atoms with E-state index in [2.05, 4.69) is 22.3 Å². The first kappa shape index (κ1) is 18.7. The van der Waals surface area contributed by atoms with Crippen LogP contribution >= 0.6 is 0 Å². The van der Waals surface area contributed by atoms with E-state index in [-0.39, 0.29) is 18.2 Å². The summed E-state index contributed by atoms with van der Waals surface area (Å²) in [7, 11) is 0. The molecule has 0 saturated heterocycles. The van der Waals surface area contributed by atoms with Crippen LogP contribution in [0.25, 0.3) is 11.3 Å². The molecule has 0 fully saturated rings.